The van der Waals surface area contributed by atoms with Gasteiger partial charge in [-0.3, -0.25) is 0 Å². The number of rotatable bonds is 2. The largest absolute Gasteiger partial charge is 0.495 e. The van der Waals surface area contributed by atoms with Crippen molar-refractivity contribution in [2.45, 2.75) is 6.92 Å². The van der Waals surface area contributed by atoms with Crippen LogP contribution in [-0.4, -0.2) is 22.1 Å². The average molecular weight is 283 g/mol. The Bertz CT molecular complexity index is 524. The minimum atomic E-state index is 0.432. The molecule has 5 nitrogen and oxygen atoms in total. The van der Waals surface area contributed by atoms with E-state index in [4.69, 9.17) is 10.5 Å². The maximum Gasteiger partial charge on any atom is 0.169 e. The highest BCUT2D eigenvalue weighted by molar-refractivity contribution is 9.10. The van der Waals surface area contributed by atoms with E-state index < -0.39 is 0 Å². The van der Waals surface area contributed by atoms with Crippen molar-refractivity contribution in [3.8, 4) is 11.4 Å². The molecule has 1 heterocycles. The van der Waals surface area contributed by atoms with Gasteiger partial charge in [-0.05, 0) is 35.0 Å². The number of anilines is 1. The molecule has 0 amide bonds. The van der Waals surface area contributed by atoms with E-state index >= 15 is 0 Å². The predicted molar refractivity (Wildman–Crippen MR) is 64.8 cm³/mol. The standard InChI is InChI=1S/C10H11BrN4O/c1-6-10(12)13-14-15(6)7-3-4-8(11)9(5-7)16-2/h3-5H,12H2,1-2H3. The third-order valence-electron chi connectivity index (χ3n) is 2.31. The maximum absolute atomic E-state index is 5.64. The van der Waals surface area contributed by atoms with Crippen molar-refractivity contribution in [3.63, 3.8) is 0 Å². The number of hydrogen-bond acceptors (Lipinski definition) is 4. The topological polar surface area (TPSA) is 66.0 Å². The zero-order chi connectivity index (χ0) is 11.7. The number of nitrogen functional groups attached to an aromatic ring is 1. The average Bonchev–Trinajstić information content (AvgIpc) is 2.61. The van der Waals surface area contributed by atoms with E-state index in [2.05, 4.69) is 26.2 Å². The van der Waals surface area contributed by atoms with Crippen molar-refractivity contribution >= 4 is 21.7 Å². The van der Waals surface area contributed by atoms with E-state index in [0.717, 1.165) is 21.6 Å². The molecule has 0 unspecified atom stereocenters. The van der Waals surface area contributed by atoms with Crippen molar-refractivity contribution in [2.75, 3.05) is 12.8 Å². The molecule has 0 saturated heterocycles. The molecule has 0 atom stereocenters. The van der Waals surface area contributed by atoms with Crippen LogP contribution >= 0.6 is 15.9 Å². The lowest BCUT2D eigenvalue weighted by molar-refractivity contribution is 0.412. The number of nitrogens with zero attached hydrogens (tertiary/aromatic N) is 3. The summed E-state index contributed by atoms with van der Waals surface area (Å²) in [6.45, 7) is 1.86. The quantitative estimate of drug-likeness (QED) is 0.914. The summed E-state index contributed by atoms with van der Waals surface area (Å²) in [4.78, 5) is 0. The highest BCUT2D eigenvalue weighted by Crippen LogP contribution is 2.27. The second kappa shape index (κ2) is 4.13. The first-order chi connectivity index (χ1) is 7.63. The Balaban J connectivity index is 2.52. The van der Waals surface area contributed by atoms with E-state index in [1.54, 1.807) is 11.8 Å². The van der Waals surface area contributed by atoms with Crippen molar-refractivity contribution in [1.82, 2.24) is 15.0 Å². The molecule has 2 N–H and O–H groups in total. The molecule has 1 aromatic heterocycles. The second-order valence-corrected chi connectivity index (χ2v) is 4.15. The Hall–Kier alpha value is -1.56. The van der Waals surface area contributed by atoms with Crippen LogP contribution < -0.4 is 10.5 Å². The van der Waals surface area contributed by atoms with Gasteiger partial charge in [-0.2, -0.15) is 0 Å². The molecule has 0 radical (unpaired) electrons. The molecule has 84 valence electrons. The fourth-order valence-electron chi connectivity index (χ4n) is 1.37. The molecule has 0 bridgehead atoms. The minimum Gasteiger partial charge on any atom is -0.495 e. The van der Waals surface area contributed by atoms with Gasteiger partial charge in [-0.1, -0.05) is 5.21 Å². The fraction of sp³-hybridized carbons (Fsp3) is 0.200. The number of hydrogen-bond donors (Lipinski definition) is 1. The number of aromatic nitrogens is 3. The molecule has 0 aliphatic rings. The summed E-state index contributed by atoms with van der Waals surface area (Å²) in [7, 11) is 1.62. The second-order valence-electron chi connectivity index (χ2n) is 3.29. The van der Waals surface area contributed by atoms with Crippen LogP contribution in [0.1, 0.15) is 5.69 Å². The first kappa shape index (κ1) is 10.9. The van der Waals surface area contributed by atoms with Crippen LogP contribution in [0.15, 0.2) is 22.7 Å². The van der Waals surface area contributed by atoms with Crippen molar-refractivity contribution < 1.29 is 4.74 Å². The van der Waals surface area contributed by atoms with Crippen LogP contribution in [-0.2, 0) is 0 Å². The SMILES string of the molecule is COc1cc(-n2nnc(N)c2C)ccc1Br. The number of ether oxygens (including phenoxy) is 1. The lowest BCUT2D eigenvalue weighted by Gasteiger charge is -2.07. The summed E-state index contributed by atoms with van der Waals surface area (Å²) >= 11 is 3.39. The summed E-state index contributed by atoms with van der Waals surface area (Å²) in [6, 6.07) is 5.67. The van der Waals surface area contributed by atoms with Gasteiger partial charge < -0.3 is 10.5 Å². The van der Waals surface area contributed by atoms with Gasteiger partial charge >= 0.3 is 0 Å². The zero-order valence-electron chi connectivity index (χ0n) is 8.94. The Morgan fingerprint density at radius 2 is 2.19 bits per heavy atom. The number of methoxy groups -OCH3 is 1. The third-order valence-corrected chi connectivity index (χ3v) is 2.96. The summed E-state index contributed by atoms with van der Waals surface area (Å²) < 4.78 is 7.78. The molecule has 1 aromatic carbocycles. The van der Waals surface area contributed by atoms with Gasteiger partial charge in [0.05, 0.1) is 23.0 Å². The molecule has 0 fully saturated rings. The van der Waals surface area contributed by atoms with Gasteiger partial charge in [0.1, 0.15) is 5.75 Å². The van der Waals surface area contributed by atoms with Crippen molar-refractivity contribution in [2.24, 2.45) is 0 Å². The van der Waals surface area contributed by atoms with E-state index in [-0.39, 0.29) is 0 Å². The number of nitrogens with two attached hydrogens (primary N) is 1. The van der Waals surface area contributed by atoms with E-state index in [1.807, 2.05) is 25.1 Å². The molecule has 0 aliphatic heterocycles. The molecule has 6 heteroatoms. The highest BCUT2D eigenvalue weighted by Gasteiger charge is 2.09. The summed E-state index contributed by atoms with van der Waals surface area (Å²) in [5.41, 5.74) is 7.32. The van der Waals surface area contributed by atoms with Crippen molar-refractivity contribution in [1.29, 1.82) is 0 Å². The van der Waals surface area contributed by atoms with Crippen LogP contribution in [0.4, 0.5) is 5.82 Å². The Kier molecular flexibility index (Phi) is 2.82. The Morgan fingerprint density at radius 3 is 2.75 bits per heavy atom. The highest BCUT2D eigenvalue weighted by atomic mass is 79.9. The van der Waals surface area contributed by atoms with Gasteiger partial charge in [-0.25, -0.2) is 4.68 Å². The van der Waals surface area contributed by atoms with Gasteiger partial charge in [0.25, 0.3) is 0 Å². The predicted octanol–water partition coefficient (Wildman–Crippen LogP) is 1.93. The molecular formula is C10H11BrN4O. The van der Waals surface area contributed by atoms with Gasteiger partial charge in [-0.15, -0.1) is 5.10 Å². The van der Waals surface area contributed by atoms with E-state index in [0.29, 0.717) is 5.82 Å². The lowest BCUT2D eigenvalue weighted by Crippen LogP contribution is -2.00. The smallest absolute Gasteiger partial charge is 0.169 e. The summed E-state index contributed by atoms with van der Waals surface area (Å²) in [6.07, 6.45) is 0. The maximum atomic E-state index is 5.64. The monoisotopic (exact) mass is 282 g/mol. The number of halogens is 1. The third kappa shape index (κ3) is 1.76. The summed E-state index contributed by atoms with van der Waals surface area (Å²) in [5.74, 6) is 1.17. The normalized spacial score (nSPS) is 10.4. The molecule has 16 heavy (non-hydrogen) atoms. The lowest BCUT2D eigenvalue weighted by atomic mass is 10.3. The van der Waals surface area contributed by atoms with Crippen LogP contribution in [0.25, 0.3) is 5.69 Å². The molecular weight excluding hydrogens is 272 g/mol. The summed E-state index contributed by atoms with van der Waals surface area (Å²) in [5, 5.41) is 7.77. The molecule has 2 rings (SSSR count). The molecule has 0 saturated carbocycles. The molecule has 2 aromatic rings. The van der Waals surface area contributed by atoms with Crippen LogP contribution in [0, 0.1) is 6.92 Å². The van der Waals surface area contributed by atoms with Gasteiger partial charge in [0.2, 0.25) is 0 Å². The molecule has 0 aliphatic carbocycles. The van der Waals surface area contributed by atoms with Crippen LogP contribution in [0.5, 0.6) is 5.75 Å². The first-order valence-corrected chi connectivity index (χ1v) is 5.44. The van der Waals surface area contributed by atoms with E-state index in [1.165, 1.54) is 0 Å². The minimum absolute atomic E-state index is 0.432. The van der Waals surface area contributed by atoms with Crippen LogP contribution in [0.2, 0.25) is 0 Å². The van der Waals surface area contributed by atoms with E-state index in [9.17, 15) is 0 Å². The first-order valence-electron chi connectivity index (χ1n) is 4.65. The zero-order valence-corrected chi connectivity index (χ0v) is 10.5. The molecule has 0 spiro atoms. The Labute approximate surface area is 101 Å². The Morgan fingerprint density at radius 1 is 1.44 bits per heavy atom. The fourth-order valence-corrected chi connectivity index (χ4v) is 1.77. The van der Waals surface area contributed by atoms with Crippen LogP contribution in [0.3, 0.4) is 0 Å². The van der Waals surface area contributed by atoms with Gasteiger partial charge in [0, 0.05) is 6.07 Å². The van der Waals surface area contributed by atoms with Crippen molar-refractivity contribution in [3.05, 3.63) is 28.4 Å². The van der Waals surface area contributed by atoms with Gasteiger partial charge in [0.15, 0.2) is 5.82 Å². The number of benzene rings is 1.